The van der Waals surface area contributed by atoms with Crippen molar-refractivity contribution in [1.82, 2.24) is 4.98 Å². The SMILES string of the molecule is N[C@@H](CO)c1cccc(-c2ccccc2)n1. The van der Waals surface area contributed by atoms with E-state index in [4.69, 9.17) is 10.8 Å². The van der Waals surface area contributed by atoms with Gasteiger partial charge in [0.25, 0.3) is 0 Å². The predicted octanol–water partition coefficient (Wildman–Crippen LogP) is 1.74. The summed E-state index contributed by atoms with van der Waals surface area (Å²) in [4.78, 5) is 4.43. The van der Waals surface area contributed by atoms with E-state index in [1.165, 1.54) is 0 Å². The first-order chi connectivity index (χ1) is 7.81. The number of rotatable bonds is 3. The van der Waals surface area contributed by atoms with Crippen molar-refractivity contribution in [1.29, 1.82) is 0 Å². The van der Waals surface area contributed by atoms with Gasteiger partial charge in [0.1, 0.15) is 0 Å². The highest BCUT2D eigenvalue weighted by Gasteiger charge is 2.07. The van der Waals surface area contributed by atoms with Crippen LogP contribution in [0, 0.1) is 0 Å². The molecule has 1 heterocycles. The highest BCUT2D eigenvalue weighted by atomic mass is 16.3. The molecular formula is C13H14N2O. The Morgan fingerprint density at radius 2 is 1.81 bits per heavy atom. The Kier molecular flexibility index (Phi) is 3.29. The van der Waals surface area contributed by atoms with E-state index in [2.05, 4.69) is 4.98 Å². The summed E-state index contributed by atoms with van der Waals surface area (Å²) in [5.41, 5.74) is 8.37. The molecule has 0 fully saturated rings. The Balaban J connectivity index is 2.36. The molecule has 2 aromatic rings. The lowest BCUT2D eigenvalue weighted by Gasteiger charge is -2.09. The van der Waals surface area contributed by atoms with Crippen LogP contribution < -0.4 is 5.73 Å². The topological polar surface area (TPSA) is 59.1 Å². The molecule has 0 aliphatic rings. The van der Waals surface area contributed by atoms with E-state index < -0.39 is 6.04 Å². The van der Waals surface area contributed by atoms with Gasteiger partial charge >= 0.3 is 0 Å². The number of aliphatic hydroxyl groups excluding tert-OH is 1. The lowest BCUT2D eigenvalue weighted by atomic mass is 10.1. The van der Waals surface area contributed by atoms with E-state index >= 15 is 0 Å². The lowest BCUT2D eigenvalue weighted by molar-refractivity contribution is 0.266. The Bertz CT molecular complexity index is 456. The summed E-state index contributed by atoms with van der Waals surface area (Å²) < 4.78 is 0. The summed E-state index contributed by atoms with van der Waals surface area (Å²) in [5.74, 6) is 0. The van der Waals surface area contributed by atoms with Crippen LogP contribution in [0.5, 0.6) is 0 Å². The van der Waals surface area contributed by atoms with Crippen LogP contribution in [-0.4, -0.2) is 16.7 Å². The maximum absolute atomic E-state index is 8.98. The Hall–Kier alpha value is -1.71. The molecule has 0 saturated heterocycles. The third-order valence-electron chi connectivity index (χ3n) is 2.42. The summed E-state index contributed by atoms with van der Waals surface area (Å²) in [6.45, 7) is -0.0920. The molecule has 1 atom stereocenters. The van der Waals surface area contributed by atoms with Gasteiger partial charge in [-0.15, -0.1) is 0 Å². The Labute approximate surface area is 94.6 Å². The third-order valence-corrected chi connectivity index (χ3v) is 2.42. The number of aliphatic hydroxyl groups is 1. The van der Waals surface area contributed by atoms with E-state index in [1.54, 1.807) is 0 Å². The molecule has 0 saturated carbocycles. The Morgan fingerprint density at radius 3 is 2.50 bits per heavy atom. The second kappa shape index (κ2) is 4.88. The molecule has 0 bridgehead atoms. The molecule has 0 unspecified atom stereocenters. The summed E-state index contributed by atoms with van der Waals surface area (Å²) >= 11 is 0. The van der Waals surface area contributed by atoms with Crippen molar-refractivity contribution < 1.29 is 5.11 Å². The molecule has 0 aliphatic heterocycles. The van der Waals surface area contributed by atoms with Crippen molar-refractivity contribution in [2.24, 2.45) is 5.73 Å². The van der Waals surface area contributed by atoms with Crippen LogP contribution in [0.15, 0.2) is 48.5 Å². The smallest absolute Gasteiger partial charge is 0.0706 e. The summed E-state index contributed by atoms with van der Waals surface area (Å²) in [7, 11) is 0. The van der Waals surface area contributed by atoms with Crippen LogP contribution >= 0.6 is 0 Å². The highest BCUT2D eigenvalue weighted by Crippen LogP contribution is 2.18. The number of pyridine rings is 1. The molecule has 82 valence electrons. The number of nitrogens with zero attached hydrogens (tertiary/aromatic N) is 1. The summed E-state index contributed by atoms with van der Waals surface area (Å²) in [6, 6.07) is 15.1. The van der Waals surface area contributed by atoms with Crippen LogP contribution in [-0.2, 0) is 0 Å². The molecule has 16 heavy (non-hydrogen) atoms. The average Bonchev–Trinajstić information content (AvgIpc) is 2.39. The molecule has 0 radical (unpaired) electrons. The van der Waals surface area contributed by atoms with Gasteiger partial charge in [0, 0.05) is 5.56 Å². The van der Waals surface area contributed by atoms with Crippen molar-refractivity contribution in [3.05, 3.63) is 54.2 Å². The highest BCUT2D eigenvalue weighted by molar-refractivity contribution is 5.58. The van der Waals surface area contributed by atoms with E-state index in [9.17, 15) is 0 Å². The van der Waals surface area contributed by atoms with Crippen molar-refractivity contribution in [3.8, 4) is 11.3 Å². The van der Waals surface area contributed by atoms with Gasteiger partial charge in [-0.3, -0.25) is 4.98 Å². The van der Waals surface area contributed by atoms with Gasteiger partial charge in [0.05, 0.1) is 24.0 Å². The quantitative estimate of drug-likeness (QED) is 0.818. The second-order valence-corrected chi connectivity index (χ2v) is 3.60. The molecule has 3 heteroatoms. The fraction of sp³-hybridized carbons (Fsp3) is 0.154. The van der Waals surface area contributed by atoms with Crippen molar-refractivity contribution >= 4 is 0 Å². The molecule has 0 amide bonds. The minimum absolute atomic E-state index is 0.0920. The van der Waals surface area contributed by atoms with Crippen LogP contribution in [0.25, 0.3) is 11.3 Å². The van der Waals surface area contributed by atoms with Crippen LogP contribution in [0.3, 0.4) is 0 Å². The van der Waals surface area contributed by atoms with Crippen LogP contribution in [0.4, 0.5) is 0 Å². The minimum Gasteiger partial charge on any atom is -0.394 e. The van der Waals surface area contributed by atoms with Crippen LogP contribution in [0.2, 0.25) is 0 Å². The van der Waals surface area contributed by atoms with E-state index in [0.29, 0.717) is 5.69 Å². The number of aromatic nitrogens is 1. The fourth-order valence-corrected chi connectivity index (χ4v) is 1.52. The zero-order chi connectivity index (χ0) is 11.4. The predicted molar refractivity (Wildman–Crippen MR) is 63.7 cm³/mol. The number of benzene rings is 1. The summed E-state index contributed by atoms with van der Waals surface area (Å²) in [5, 5.41) is 8.98. The van der Waals surface area contributed by atoms with Gasteiger partial charge in [-0.2, -0.15) is 0 Å². The van der Waals surface area contributed by atoms with Crippen LogP contribution in [0.1, 0.15) is 11.7 Å². The van der Waals surface area contributed by atoms with Gasteiger partial charge in [-0.1, -0.05) is 36.4 Å². The standard InChI is InChI=1S/C13H14N2O/c14-11(9-16)13-8-4-7-12(15-13)10-5-2-1-3-6-10/h1-8,11,16H,9,14H2/t11-/m0/s1. The molecular weight excluding hydrogens is 200 g/mol. The molecule has 1 aromatic heterocycles. The van der Waals surface area contributed by atoms with Gasteiger partial charge in [0.15, 0.2) is 0 Å². The zero-order valence-electron chi connectivity index (χ0n) is 8.88. The van der Waals surface area contributed by atoms with Gasteiger partial charge in [-0.05, 0) is 12.1 Å². The molecule has 1 aromatic carbocycles. The van der Waals surface area contributed by atoms with Gasteiger partial charge in [-0.25, -0.2) is 0 Å². The number of hydrogen-bond donors (Lipinski definition) is 2. The van der Waals surface area contributed by atoms with Crippen molar-refractivity contribution in [2.75, 3.05) is 6.61 Å². The number of nitrogens with two attached hydrogens (primary N) is 1. The van der Waals surface area contributed by atoms with Gasteiger partial charge in [0.2, 0.25) is 0 Å². The van der Waals surface area contributed by atoms with E-state index in [0.717, 1.165) is 11.3 Å². The molecule has 3 nitrogen and oxygen atoms in total. The third kappa shape index (κ3) is 2.27. The van der Waals surface area contributed by atoms with Gasteiger partial charge < -0.3 is 10.8 Å². The first-order valence-electron chi connectivity index (χ1n) is 5.20. The second-order valence-electron chi connectivity index (χ2n) is 3.60. The lowest BCUT2D eigenvalue weighted by Crippen LogP contribution is -2.16. The fourth-order valence-electron chi connectivity index (χ4n) is 1.52. The molecule has 3 N–H and O–H groups in total. The zero-order valence-corrected chi connectivity index (χ0v) is 8.88. The molecule has 0 aliphatic carbocycles. The molecule has 2 rings (SSSR count). The maximum atomic E-state index is 8.98. The van der Waals surface area contributed by atoms with Crippen molar-refractivity contribution in [3.63, 3.8) is 0 Å². The largest absolute Gasteiger partial charge is 0.394 e. The first kappa shape index (κ1) is 10.8. The van der Waals surface area contributed by atoms with Crippen molar-refractivity contribution in [2.45, 2.75) is 6.04 Å². The Morgan fingerprint density at radius 1 is 1.06 bits per heavy atom. The molecule has 0 spiro atoms. The normalized spacial score (nSPS) is 12.4. The van der Waals surface area contributed by atoms with E-state index in [1.807, 2.05) is 48.5 Å². The minimum atomic E-state index is -0.413. The number of hydrogen-bond acceptors (Lipinski definition) is 3. The monoisotopic (exact) mass is 214 g/mol. The average molecular weight is 214 g/mol. The van der Waals surface area contributed by atoms with E-state index in [-0.39, 0.29) is 6.61 Å². The first-order valence-corrected chi connectivity index (χ1v) is 5.20. The summed E-state index contributed by atoms with van der Waals surface area (Å²) in [6.07, 6.45) is 0. The maximum Gasteiger partial charge on any atom is 0.0706 e.